The van der Waals surface area contributed by atoms with Crippen LogP contribution in [-0.2, 0) is 5.54 Å². The summed E-state index contributed by atoms with van der Waals surface area (Å²) >= 11 is 0. The molecule has 0 saturated carbocycles. The van der Waals surface area contributed by atoms with Gasteiger partial charge in [0.2, 0.25) is 0 Å². The Balaban J connectivity index is 2.18. The molecule has 2 rings (SSSR count). The van der Waals surface area contributed by atoms with Crippen LogP contribution < -0.4 is 10.5 Å². The fraction of sp³-hybridized carbons (Fsp3) is 0.647. The number of ether oxygens (including phenoxy) is 1. The highest BCUT2D eigenvalue weighted by atomic mass is 16.5. The lowest BCUT2D eigenvalue weighted by Gasteiger charge is -2.45. The predicted molar refractivity (Wildman–Crippen MR) is 87.7 cm³/mol. The molecule has 0 bridgehead atoms. The van der Waals surface area contributed by atoms with Gasteiger partial charge in [0.1, 0.15) is 5.75 Å². The first-order chi connectivity index (χ1) is 10.0. The van der Waals surface area contributed by atoms with Crippen molar-refractivity contribution in [2.24, 2.45) is 5.73 Å². The molecule has 1 heterocycles. The lowest BCUT2D eigenvalue weighted by atomic mass is 9.81. The molecule has 0 spiro atoms. The van der Waals surface area contributed by atoms with Crippen molar-refractivity contribution in [3.8, 4) is 5.75 Å². The Bertz CT molecular complexity index is 440. The number of piperazine rings is 1. The number of rotatable bonds is 5. The van der Waals surface area contributed by atoms with E-state index >= 15 is 0 Å². The van der Waals surface area contributed by atoms with Gasteiger partial charge in [0, 0.05) is 32.2 Å². The van der Waals surface area contributed by atoms with Crippen molar-refractivity contribution in [2.75, 3.05) is 40.3 Å². The fourth-order valence-electron chi connectivity index (χ4n) is 3.18. The molecule has 1 aliphatic heterocycles. The van der Waals surface area contributed by atoms with Gasteiger partial charge >= 0.3 is 0 Å². The van der Waals surface area contributed by atoms with Gasteiger partial charge in [-0.2, -0.15) is 0 Å². The van der Waals surface area contributed by atoms with Gasteiger partial charge in [0.15, 0.2) is 0 Å². The average molecular weight is 291 g/mol. The summed E-state index contributed by atoms with van der Waals surface area (Å²) < 4.78 is 5.25. The maximum absolute atomic E-state index is 6.82. The molecule has 0 amide bonds. The third-order valence-corrected chi connectivity index (χ3v) is 5.04. The molecular weight excluding hydrogens is 262 g/mol. The molecule has 4 heteroatoms. The quantitative estimate of drug-likeness (QED) is 0.899. The van der Waals surface area contributed by atoms with E-state index < -0.39 is 0 Å². The molecule has 4 nitrogen and oxygen atoms in total. The number of hydrogen-bond acceptors (Lipinski definition) is 4. The van der Waals surface area contributed by atoms with Crippen LogP contribution in [0.3, 0.4) is 0 Å². The molecule has 2 atom stereocenters. The summed E-state index contributed by atoms with van der Waals surface area (Å²) in [5.41, 5.74) is 7.70. The van der Waals surface area contributed by atoms with E-state index in [9.17, 15) is 0 Å². The van der Waals surface area contributed by atoms with Gasteiger partial charge in [-0.05, 0) is 38.1 Å². The lowest BCUT2D eigenvalue weighted by molar-refractivity contribution is 0.0738. The summed E-state index contributed by atoms with van der Waals surface area (Å²) in [6.07, 6.45) is 0.923. The SMILES string of the molecule is CCC(N)(c1ccc(OC)cc1)C(C)N1CCN(C)CC1. The van der Waals surface area contributed by atoms with Crippen LogP contribution in [0.25, 0.3) is 0 Å². The molecule has 1 aromatic rings. The number of nitrogens with zero attached hydrogens (tertiary/aromatic N) is 2. The van der Waals surface area contributed by atoms with Crippen molar-refractivity contribution in [3.63, 3.8) is 0 Å². The minimum atomic E-state index is -0.317. The van der Waals surface area contributed by atoms with Crippen LogP contribution in [0.5, 0.6) is 5.75 Å². The summed E-state index contributed by atoms with van der Waals surface area (Å²) in [5.74, 6) is 0.879. The second-order valence-corrected chi connectivity index (χ2v) is 6.14. The lowest BCUT2D eigenvalue weighted by Crippen LogP contribution is -2.58. The first kappa shape index (κ1) is 16.3. The molecule has 118 valence electrons. The Morgan fingerprint density at radius 3 is 2.24 bits per heavy atom. The molecule has 1 fully saturated rings. The smallest absolute Gasteiger partial charge is 0.118 e. The fourth-order valence-corrected chi connectivity index (χ4v) is 3.18. The third kappa shape index (κ3) is 3.39. The van der Waals surface area contributed by atoms with Crippen molar-refractivity contribution in [1.29, 1.82) is 0 Å². The summed E-state index contributed by atoms with van der Waals surface area (Å²) in [7, 11) is 3.87. The Morgan fingerprint density at radius 1 is 1.19 bits per heavy atom. The molecule has 21 heavy (non-hydrogen) atoms. The van der Waals surface area contributed by atoms with Gasteiger partial charge < -0.3 is 15.4 Å². The topological polar surface area (TPSA) is 41.7 Å². The first-order valence-electron chi connectivity index (χ1n) is 7.87. The van der Waals surface area contributed by atoms with Crippen molar-refractivity contribution < 1.29 is 4.74 Å². The van der Waals surface area contributed by atoms with E-state index in [1.165, 1.54) is 5.56 Å². The summed E-state index contributed by atoms with van der Waals surface area (Å²) in [6.45, 7) is 8.86. The van der Waals surface area contributed by atoms with Crippen LogP contribution in [0.1, 0.15) is 25.8 Å². The minimum Gasteiger partial charge on any atom is -0.497 e. The van der Waals surface area contributed by atoms with Crippen LogP contribution in [-0.4, -0.2) is 56.2 Å². The summed E-state index contributed by atoms with van der Waals surface area (Å²) in [5, 5.41) is 0. The highest BCUT2D eigenvalue weighted by molar-refractivity contribution is 5.33. The Kier molecular flexibility index (Phi) is 5.25. The second-order valence-electron chi connectivity index (χ2n) is 6.14. The standard InChI is InChI=1S/C17H29N3O/c1-5-17(18,15-6-8-16(21-4)9-7-15)14(2)20-12-10-19(3)11-13-20/h6-9,14H,5,10-13,18H2,1-4H3. The summed E-state index contributed by atoms with van der Waals surface area (Å²) in [4.78, 5) is 4.90. The molecule has 1 aromatic carbocycles. The Morgan fingerprint density at radius 2 is 1.76 bits per heavy atom. The Labute approximate surface area is 128 Å². The zero-order chi connectivity index (χ0) is 15.5. The number of methoxy groups -OCH3 is 1. The zero-order valence-electron chi connectivity index (χ0n) is 13.8. The van der Waals surface area contributed by atoms with Gasteiger partial charge in [0.25, 0.3) is 0 Å². The molecule has 1 aliphatic rings. The third-order valence-electron chi connectivity index (χ3n) is 5.04. The first-order valence-corrected chi connectivity index (χ1v) is 7.87. The van der Waals surface area contributed by atoms with Crippen molar-refractivity contribution >= 4 is 0 Å². The predicted octanol–water partition coefficient (Wildman–Crippen LogP) is 1.90. The van der Waals surface area contributed by atoms with E-state index in [-0.39, 0.29) is 5.54 Å². The molecular formula is C17H29N3O. The number of hydrogen-bond donors (Lipinski definition) is 1. The number of likely N-dealkylation sites (N-methyl/N-ethyl adjacent to an activating group) is 1. The Hall–Kier alpha value is -1.10. The largest absolute Gasteiger partial charge is 0.497 e. The molecule has 0 aromatic heterocycles. The molecule has 2 unspecified atom stereocenters. The summed E-state index contributed by atoms with van der Waals surface area (Å²) in [6, 6.07) is 8.54. The monoisotopic (exact) mass is 291 g/mol. The molecule has 0 aliphatic carbocycles. The van der Waals surface area contributed by atoms with E-state index in [2.05, 4.69) is 42.8 Å². The van der Waals surface area contributed by atoms with Crippen molar-refractivity contribution in [3.05, 3.63) is 29.8 Å². The number of benzene rings is 1. The van der Waals surface area contributed by atoms with E-state index in [0.717, 1.165) is 38.3 Å². The average Bonchev–Trinajstić information content (AvgIpc) is 2.54. The van der Waals surface area contributed by atoms with Gasteiger partial charge in [0.05, 0.1) is 12.6 Å². The van der Waals surface area contributed by atoms with Crippen molar-refractivity contribution in [2.45, 2.75) is 31.8 Å². The van der Waals surface area contributed by atoms with E-state index in [1.54, 1.807) is 7.11 Å². The molecule has 2 N–H and O–H groups in total. The second kappa shape index (κ2) is 6.77. The van der Waals surface area contributed by atoms with Gasteiger partial charge in [-0.15, -0.1) is 0 Å². The minimum absolute atomic E-state index is 0.317. The molecule has 1 saturated heterocycles. The maximum Gasteiger partial charge on any atom is 0.118 e. The van der Waals surface area contributed by atoms with Crippen LogP contribution in [0.2, 0.25) is 0 Å². The highest BCUT2D eigenvalue weighted by Crippen LogP contribution is 2.31. The normalized spacial score (nSPS) is 21.8. The van der Waals surface area contributed by atoms with E-state index in [4.69, 9.17) is 10.5 Å². The zero-order valence-corrected chi connectivity index (χ0v) is 13.8. The number of nitrogens with two attached hydrogens (primary N) is 1. The van der Waals surface area contributed by atoms with Gasteiger partial charge in [-0.3, -0.25) is 4.90 Å². The van der Waals surface area contributed by atoms with E-state index in [1.807, 2.05) is 12.1 Å². The van der Waals surface area contributed by atoms with Crippen LogP contribution in [0.15, 0.2) is 24.3 Å². The molecule has 0 radical (unpaired) electrons. The van der Waals surface area contributed by atoms with Crippen LogP contribution in [0, 0.1) is 0 Å². The van der Waals surface area contributed by atoms with Crippen molar-refractivity contribution in [1.82, 2.24) is 9.80 Å². The van der Waals surface area contributed by atoms with E-state index in [0.29, 0.717) is 6.04 Å². The van der Waals surface area contributed by atoms with Gasteiger partial charge in [-0.1, -0.05) is 19.1 Å². The van der Waals surface area contributed by atoms with Gasteiger partial charge in [-0.25, -0.2) is 0 Å². The van der Waals surface area contributed by atoms with Crippen LogP contribution >= 0.6 is 0 Å². The van der Waals surface area contributed by atoms with Crippen LogP contribution in [0.4, 0.5) is 0 Å². The highest BCUT2D eigenvalue weighted by Gasteiger charge is 2.36. The maximum atomic E-state index is 6.82.